The summed E-state index contributed by atoms with van der Waals surface area (Å²) < 4.78 is 1.91. The fraction of sp³-hybridized carbons (Fsp3) is 0.500. The first kappa shape index (κ1) is 13.3. The Morgan fingerprint density at radius 3 is 2.55 bits per heavy atom. The third kappa shape index (κ3) is 2.61. The van der Waals surface area contributed by atoms with Crippen LogP contribution in [-0.2, 0) is 13.5 Å². The van der Waals surface area contributed by atoms with Crippen LogP contribution in [0.2, 0.25) is 0 Å². The monoisotopic (exact) mass is 270 g/mol. The van der Waals surface area contributed by atoms with Crippen LogP contribution in [0.15, 0.2) is 24.3 Å². The van der Waals surface area contributed by atoms with Gasteiger partial charge in [-0.2, -0.15) is 5.10 Å². The van der Waals surface area contributed by atoms with Gasteiger partial charge in [-0.15, -0.1) is 0 Å². The number of nitrogens with two attached hydrogens (primary N) is 1. The lowest BCUT2D eigenvalue weighted by molar-refractivity contribution is 0.648. The van der Waals surface area contributed by atoms with E-state index in [0.29, 0.717) is 12.5 Å². The van der Waals surface area contributed by atoms with E-state index in [1.54, 1.807) is 0 Å². The van der Waals surface area contributed by atoms with Crippen LogP contribution in [0.3, 0.4) is 0 Å². The highest BCUT2D eigenvalue weighted by atomic mass is 15.3. The molecule has 1 aliphatic rings. The molecule has 0 atom stereocenters. The Balaban J connectivity index is 1.85. The molecule has 20 heavy (non-hydrogen) atoms. The minimum atomic E-state index is 0.562. The Morgan fingerprint density at radius 2 is 1.90 bits per heavy atom. The molecule has 1 fully saturated rings. The maximum Gasteiger partial charge on any atom is 0.158 e. The SMILES string of the molecule is Cn1nc(C2CCCC2)nc1-c1ccc(CCN)cc1. The molecule has 2 N–H and O–H groups in total. The van der Waals surface area contributed by atoms with Gasteiger partial charge in [-0.1, -0.05) is 37.1 Å². The molecule has 4 nitrogen and oxygen atoms in total. The molecule has 3 rings (SSSR count). The van der Waals surface area contributed by atoms with Gasteiger partial charge < -0.3 is 5.73 Å². The lowest BCUT2D eigenvalue weighted by atomic mass is 10.1. The second-order valence-electron chi connectivity index (χ2n) is 5.63. The minimum absolute atomic E-state index is 0.562. The molecule has 1 aromatic heterocycles. The first-order valence-corrected chi connectivity index (χ1v) is 7.48. The minimum Gasteiger partial charge on any atom is -0.330 e. The highest BCUT2D eigenvalue weighted by Gasteiger charge is 2.22. The summed E-state index contributed by atoms with van der Waals surface area (Å²) in [7, 11) is 1.98. The molecule has 0 amide bonds. The first-order valence-electron chi connectivity index (χ1n) is 7.48. The van der Waals surface area contributed by atoms with Crippen molar-refractivity contribution in [1.82, 2.24) is 14.8 Å². The molecule has 0 saturated heterocycles. The third-order valence-corrected chi connectivity index (χ3v) is 4.14. The molecule has 0 unspecified atom stereocenters. The van der Waals surface area contributed by atoms with Gasteiger partial charge in [-0.25, -0.2) is 9.67 Å². The first-order chi connectivity index (χ1) is 9.78. The Bertz CT molecular complexity index is 565. The van der Waals surface area contributed by atoms with Gasteiger partial charge in [0.2, 0.25) is 0 Å². The normalized spacial score (nSPS) is 15.9. The van der Waals surface area contributed by atoms with Crippen LogP contribution in [0.5, 0.6) is 0 Å². The van der Waals surface area contributed by atoms with E-state index in [2.05, 4.69) is 29.4 Å². The highest BCUT2D eigenvalue weighted by Crippen LogP contribution is 2.33. The van der Waals surface area contributed by atoms with Crippen LogP contribution < -0.4 is 5.73 Å². The van der Waals surface area contributed by atoms with Gasteiger partial charge in [0.05, 0.1) is 0 Å². The summed E-state index contributed by atoms with van der Waals surface area (Å²) in [6.07, 6.45) is 6.02. The summed E-state index contributed by atoms with van der Waals surface area (Å²) >= 11 is 0. The van der Waals surface area contributed by atoms with Gasteiger partial charge in [-0.3, -0.25) is 0 Å². The Labute approximate surface area is 120 Å². The molecule has 1 aromatic carbocycles. The van der Waals surface area contributed by atoms with Crippen molar-refractivity contribution in [2.45, 2.75) is 38.0 Å². The van der Waals surface area contributed by atoms with Crippen LogP contribution in [0.25, 0.3) is 11.4 Å². The van der Waals surface area contributed by atoms with Crippen molar-refractivity contribution in [3.8, 4) is 11.4 Å². The largest absolute Gasteiger partial charge is 0.330 e. The summed E-state index contributed by atoms with van der Waals surface area (Å²) in [6, 6.07) is 8.50. The van der Waals surface area contributed by atoms with Gasteiger partial charge in [0.25, 0.3) is 0 Å². The van der Waals surface area contributed by atoms with Crippen LogP contribution in [-0.4, -0.2) is 21.3 Å². The van der Waals surface area contributed by atoms with Crippen molar-refractivity contribution < 1.29 is 0 Å². The van der Waals surface area contributed by atoms with E-state index in [0.717, 1.165) is 23.6 Å². The number of aromatic nitrogens is 3. The number of hydrogen-bond acceptors (Lipinski definition) is 3. The molecular formula is C16H22N4. The molecule has 0 bridgehead atoms. The van der Waals surface area contributed by atoms with Gasteiger partial charge in [0, 0.05) is 18.5 Å². The van der Waals surface area contributed by atoms with E-state index in [1.807, 2.05) is 11.7 Å². The van der Waals surface area contributed by atoms with Gasteiger partial charge in [-0.05, 0) is 31.4 Å². The quantitative estimate of drug-likeness (QED) is 0.929. The van der Waals surface area contributed by atoms with E-state index < -0.39 is 0 Å². The molecule has 0 spiro atoms. The van der Waals surface area contributed by atoms with Crippen molar-refractivity contribution in [2.24, 2.45) is 12.8 Å². The standard InChI is InChI=1S/C16H22N4/c1-20-16(14-8-6-12(7-9-14)10-11-17)18-15(19-20)13-4-2-3-5-13/h6-9,13H,2-5,10-11,17H2,1H3. The van der Waals surface area contributed by atoms with E-state index in [4.69, 9.17) is 10.7 Å². The summed E-state index contributed by atoms with van der Waals surface area (Å²) in [6.45, 7) is 0.690. The summed E-state index contributed by atoms with van der Waals surface area (Å²) in [4.78, 5) is 4.76. The van der Waals surface area contributed by atoms with Gasteiger partial charge in [0.15, 0.2) is 11.6 Å². The van der Waals surface area contributed by atoms with Crippen molar-refractivity contribution in [3.63, 3.8) is 0 Å². The van der Waals surface area contributed by atoms with Crippen LogP contribution in [0.4, 0.5) is 0 Å². The second-order valence-corrected chi connectivity index (χ2v) is 5.63. The predicted octanol–water partition coefficient (Wildman–Crippen LogP) is 2.64. The van der Waals surface area contributed by atoms with Gasteiger partial charge in [0.1, 0.15) is 0 Å². The average Bonchev–Trinajstić information content (AvgIpc) is 3.09. The fourth-order valence-electron chi connectivity index (χ4n) is 3.00. The van der Waals surface area contributed by atoms with Crippen LogP contribution in [0.1, 0.15) is 43.0 Å². The molecule has 0 radical (unpaired) electrons. The smallest absolute Gasteiger partial charge is 0.158 e. The molecule has 106 valence electrons. The zero-order chi connectivity index (χ0) is 13.9. The van der Waals surface area contributed by atoms with Crippen LogP contribution in [0, 0.1) is 0 Å². The zero-order valence-electron chi connectivity index (χ0n) is 12.0. The molecule has 2 aromatic rings. The van der Waals surface area contributed by atoms with Crippen molar-refractivity contribution in [3.05, 3.63) is 35.7 Å². The number of rotatable bonds is 4. The van der Waals surface area contributed by atoms with Crippen molar-refractivity contribution in [2.75, 3.05) is 6.54 Å². The van der Waals surface area contributed by atoms with Gasteiger partial charge >= 0.3 is 0 Å². The topological polar surface area (TPSA) is 56.7 Å². The summed E-state index contributed by atoms with van der Waals surface area (Å²) in [5.41, 5.74) is 7.98. The molecule has 1 heterocycles. The Kier molecular flexibility index (Phi) is 3.83. The highest BCUT2D eigenvalue weighted by molar-refractivity contribution is 5.55. The third-order valence-electron chi connectivity index (χ3n) is 4.14. The lowest BCUT2D eigenvalue weighted by Gasteiger charge is -2.02. The maximum atomic E-state index is 5.58. The summed E-state index contributed by atoms with van der Waals surface area (Å²) in [5, 5.41) is 4.61. The lowest BCUT2D eigenvalue weighted by Crippen LogP contribution is -2.02. The predicted molar refractivity (Wildman–Crippen MR) is 80.4 cm³/mol. The Hall–Kier alpha value is -1.68. The van der Waals surface area contributed by atoms with E-state index >= 15 is 0 Å². The van der Waals surface area contributed by atoms with E-state index in [9.17, 15) is 0 Å². The average molecular weight is 270 g/mol. The van der Waals surface area contributed by atoms with Crippen LogP contribution >= 0.6 is 0 Å². The van der Waals surface area contributed by atoms with Crippen molar-refractivity contribution >= 4 is 0 Å². The molecule has 1 saturated carbocycles. The van der Waals surface area contributed by atoms with E-state index in [1.165, 1.54) is 31.2 Å². The number of nitrogens with zero attached hydrogens (tertiary/aromatic N) is 3. The Morgan fingerprint density at radius 1 is 1.20 bits per heavy atom. The number of benzene rings is 1. The zero-order valence-corrected chi connectivity index (χ0v) is 12.0. The summed E-state index contributed by atoms with van der Waals surface area (Å²) in [5.74, 6) is 2.55. The second kappa shape index (κ2) is 5.75. The molecular weight excluding hydrogens is 248 g/mol. The number of hydrogen-bond donors (Lipinski definition) is 1. The maximum absolute atomic E-state index is 5.58. The fourth-order valence-corrected chi connectivity index (χ4v) is 3.00. The molecule has 0 aliphatic heterocycles. The molecule has 1 aliphatic carbocycles. The van der Waals surface area contributed by atoms with E-state index in [-0.39, 0.29) is 0 Å². The van der Waals surface area contributed by atoms with Crippen molar-refractivity contribution in [1.29, 1.82) is 0 Å². The molecule has 4 heteroatoms. The number of aryl methyl sites for hydroxylation is 1.